The molecule has 0 unspecified atom stereocenters. The first-order valence-electron chi connectivity index (χ1n) is 6.17. The Morgan fingerprint density at radius 3 is 2.94 bits per heavy atom. The molecule has 4 heteroatoms. The van der Waals surface area contributed by atoms with Gasteiger partial charge in [0.2, 0.25) is 0 Å². The molecule has 0 bridgehead atoms. The van der Waals surface area contributed by atoms with Crippen molar-refractivity contribution >= 4 is 5.78 Å². The number of hydrogen-bond donors (Lipinski definition) is 1. The molecule has 1 aromatic heterocycles. The van der Waals surface area contributed by atoms with Gasteiger partial charge in [-0.2, -0.15) is 5.10 Å². The van der Waals surface area contributed by atoms with E-state index in [0.29, 0.717) is 11.5 Å². The Hall–Kier alpha value is -1.94. The number of benzene rings is 1. The number of aromatic nitrogens is 2. The van der Waals surface area contributed by atoms with Crippen LogP contribution in [0.4, 0.5) is 0 Å². The van der Waals surface area contributed by atoms with Crippen LogP contribution < -0.4 is 5.73 Å². The summed E-state index contributed by atoms with van der Waals surface area (Å²) >= 11 is 0. The normalized spacial score (nSPS) is 14.7. The Bertz CT molecular complexity index is 584. The summed E-state index contributed by atoms with van der Waals surface area (Å²) < 4.78 is 1.92. The van der Waals surface area contributed by atoms with Crippen LogP contribution >= 0.6 is 0 Å². The third kappa shape index (κ3) is 1.95. The van der Waals surface area contributed by atoms with Crippen LogP contribution in [0, 0.1) is 0 Å². The molecule has 0 radical (unpaired) electrons. The number of Topliss-reactive ketones (excluding diaryl/α,β-unsaturated/α-hetero) is 1. The van der Waals surface area contributed by atoms with Crippen LogP contribution in [-0.2, 0) is 0 Å². The second kappa shape index (κ2) is 4.38. The zero-order valence-corrected chi connectivity index (χ0v) is 10.0. The van der Waals surface area contributed by atoms with Crippen LogP contribution in [0.1, 0.15) is 34.8 Å². The van der Waals surface area contributed by atoms with E-state index < -0.39 is 0 Å². The molecule has 1 aliphatic carbocycles. The molecule has 18 heavy (non-hydrogen) atoms. The molecule has 1 aliphatic rings. The molecule has 3 rings (SSSR count). The standard InChI is InChI=1S/C14H15N3O/c15-9-14(18)11-2-1-3-12(8-11)17-13(6-7-16-17)10-4-5-10/h1-3,6-8,10H,4-5,9,15H2. The van der Waals surface area contributed by atoms with E-state index in [4.69, 9.17) is 5.73 Å². The molecule has 0 atom stereocenters. The lowest BCUT2D eigenvalue weighted by atomic mass is 10.1. The van der Waals surface area contributed by atoms with Crippen molar-refractivity contribution in [2.24, 2.45) is 5.73 Å². The summed E-state index contributed by atoms with van der Waals surface area (Å²) in [7, 11) is 0. The molecule has 1 aromatic carbocycles. The number of nitrogens with two attached hydrogens (primary N) is 1. The number of nitrogens with zero attached hydrogens (tertiary/aromatic N) is 2. The van der Waals surface area contributed by atoms with Gasteiger partial charge in [-0.3, -0.25) is 4.79 Å². The first kappa shape index (κ1) is 11.2. The van der Waals surface area contributed by atoms with E-state index in [-0.39, 0.29) is 12.3 Å². The SMILES string of the molecule is NCC(=O)c1cccc(-n2nccc2C2CC2)c1. The lowest BCUT2D eigenvalue weighted by molar-refractivity contribution is 0.100. The highest BCUT2D eigenvalue weighted by atomic mass is 16.1. The van der Waals surface area contributed by atoms with Crippen molar-refractivity contribution in [1.82, 2.24) is 9.78 Å². The lowest BCUT2D eigenvalue weighted by Crippen LogP contribution is -2.14. The highest BCUT2D eigenvalue weighted by Gasteiger charge is 2.27. The van der Waals surface area contributed by atoms with Gasteiger partial charge >= 0.3 is 0 Å². The van der Waals surface area contributed by atoms with E-state index in [1.54, 1.807) is 6.07 Å². The second-order valence-corrected chi connectivity index (χ2v) is 4.62. The second-order valence-electron chi connectivity index (χ2n) is 4.62. The fourth-order valence-corrected chi connectivity index (χ4v) is 2.15. The van der Waals surface area contributed by atoms with Gasteiger partial charge in [-0.25, -0.2) is 4.68 Å². The number of rotatable bonds is 4. The highest BCUT2D eigenvalue weighted by molar-refractivity contribution is 5.97. The molecular formula is C14H15N3O. The van der Waals surface area contributed by atoms with Crippen LogP contribution in [0.5, 0.6) is 0 Å². The molecule has 2 aromatic rings. The summed E-state index contributed by atoms with van der Waals surface area (Å²) in [5, 5.41) is 4.35. The predicted molar refractivity (Wildman–Crippen MR) is 68.9 cm³/mol. The van der Waals surface area contributed by atoms with Gasteiger partial charge in [0.25, 0.3) is 0 Å². The van der Waals surface area contributed by atoms with E-state index in [1.165, 1.54) is 18.5 Å². The lowest BCUT2D eigenvalue weighted by Gasteiger charge is -2.08. The van der Waals surface area contributed by atoms with Crippen LogP contribution in [0.2, 0.25) is 0 Å². The largest absolute Gasteiger partial charge is 0.324 e. The van der Waals surface area contributed by atoms with Crippen molar-refractivity contribution in [3.05, 3.63) is 47.8 Å². The molecule has 0 aliphatic heterocycles. The van der Waals surface area contributed by atoms with E-state index in [1.807, 2.05) is 29.1 Å². The van der Waals surface area contributed by atoms with Crippen LogP contribution in [0.25, 0.3) is 5.69 Å². The van der Waals surface area contributed by atoms with Crippen LogP contribution in [-0.4, -0.2) is 22.1 Å². The molecule has 0 saturated heterocycles. The Kier molecular flexibility index (Phi) is 2.72. The minimum absolute atomic E-state index is 0.0397. The average Bonchev–Trinajstić information content (AvgIpc) is 3.15. The van der Waals surface area contributed by atoms with Gasteiger partial charge in [-0.05, 0) is 31.0 Å². The molecule has 92 valence electrons. The zero-order chi connectivity index (χ0) is 12.5. The van der Waals surface area contributed by atoms with Gasteiger partial charge < -0.3 is 5.73 Å². The monoisotopic (exact) mass is 241 g/mol. The van der Waals surface area contributed by atoms with Crippen molar-refractivity contribution in [2.75, 3.05) is 6.54 Å². The third-order valence-electron chi connectivity index (χ3n) is 3.27. The maximum atomic E-state index is 11.6. The summed E-state index contributed by atoms with van der Waals surface area (Å²) in [6, 6.07) is 9.53. The van der Waals surface area contributed by atoms with Crippen molar-refractivity contribution in [2.45, 2.75) is 18.8 Å². The molecule has 2 N–H and O–H groups in total. The predicted octanol–water partition coefficient (Wildman–Crippen LogP) is 1.89. The van der Waals surface area contributed by atoms with E-state index in [0.717, 1.165) is 5.69 Å². The summed E-state index contributed by atoms with van der Waals surface area (Å²) in [6.45, 7) is 0.0397. The maximum absolute atomic E-state index is 11.6. The Morgan fingerprint density at radius 2 is 2.22 bits per heavy atom. The summed E-state index contributed by atoms with van der Waals surface area (Å²) in [6.07, 6.45) is 4.27. The van der Waals surface area contributed by atoms with Crippen molar-refractivity contribution in [3.63, 3.8) is 0 Å². The van der Waals surface area contributed by atoms with Gasteiger partial charge in [0.1, 0.15) is 0 Å². The van der Waals surface area contributed by atoms with Crippen molar-refractivity contribution < 1.29 is 4.79 Å². The first-order valence-corrected chi connectivity index (χ1v) is 6.17. The Morgan fingerprint density at radius 1 is 1.39 bits per heavy atom. The van der Waals surface area contributed by atoms with Crippen LogP contribution in [0.3, 0.4) is 0 Å². The molecule has 4 nitrogen and oxygen atoms in total. The van der Waals surface area contributed by atoms with Crippen LogP contribution in [0.15, 0.2) is 36.5 Å². The van der Waals surface area contributed by atoms with Gasteiger partial charge in [0, 0.05) is 23.4 Å². The molecule has 0 amide bonds. The fourth-order valence-electron chi connectivity index (χ4n) is 2.15. The van der Waals surface area contributed by atoms with E-state index in [9.17, 15) is 4.79 Å². The van der Waals surface area contributed by atoms with Crippen molar-refractivity contribution in [1.29, 1.82) is 0 Å². The Labute approximate surface area is 105 Å². The van der Waals surface area contributed by atoms with Gasteiger partial charge in [-0.1, -0.05) is 12.1 Å². The molecule has 1 heterocycles. The quantitative estimate of drug-likeness (QED) is 0.831. The van der Waals surface area contributed by atoms with Gasteiger partial charge in [0.05, 0.1) is 12.2 Å². The first-order chi connectivity index (χ1) is 8.79. The summed E-state index contributed by atoms with van der Waals surface area (Å²) in [4.78, 5) is 11.6. The number of ketones is 1. The number of hydrogen-bond acceptors (Lipinski definition) is 3. The van der Waals surface area contributed by atoms with Crippen molar-refractivity contribution in [3.8, 4) is 5.69 Å². The third-order valence-corrected chi connectivity index (χ3v) is 3.27. The van der Waals surface area contributed by atoms with E-state index >= 15 is 0 Å². The smallest absolute Gasteiger partial charge is 0.176 e. The van der Waals surface area contributed by atoms with Gasteiger partial charge in [0.15, 0.2) is 5.78 Å². The number of carbonyl (C=O) groups is 1. The summed E-state index contributed by atoms with van der Waals surface area (Å²) in [5.41, 5.74) is 8.20. The Balaban J connectivity index is 2.00. The fraction of sp³-hybridized carbons (Fsp3) is 0.286. The molecule has 1 fully saturated rings. The maximum Gasteiger partial charge on any atom is 0.176 e. The topological polar surface area (TPSA) is 60.9 Å². The van der Waals surface area contributed by atoms with E-state index in [2.05, 4.69) is 11.2 Å². The average molecular weight is 241 g/mol. The highest BCUT2D eigenvalue weighted by Crippen LogP contribution is 2.40. The molecular weight excluding hydrogens is 226 g/mol. The summed E-state index contributed by atoms with van der Waals surface area (Å²) in [5.74, 6) is 0.582. The zero-order valence-electron chi connectivity index (χ0n) is 10.0. The minimum Gasteiger partial charge on any atom is -0.324 e. The van der Waals surface area contributed by atoms with Gasteiger partial charge in [-0.15, -0.1) is 0 Å². The number of carbonyl (C=O) groups excluding carboxylic acids is 1. The molecule has 0 spiro atoms. The molecule has 1 saturated carbocycles. The minimum atomic E-state index is -0.0445.